The van der Waals surface area contributed by atoms with Crippen molar-refractivity contribution >= 4 is 10.8 Å². The molecule has 158 valence electrons. The van der Waals surface area contributed by atoms with Crippen LogP contribution in [0, 0.1) is 20.9 Å². The number of hydrogen-bond donors (Lipinski definition) is 0. The number of fused-ring (bicyclic) bond motifs is 1. The topological polar surface area (TPSA) is 16.8 Å². The second kappa shape index (κ2) is 10.7. The molecule has 0 saturated carbocycles. The number of hydrogen-bond acceptors (Lipinski definition) is 1. The molecule has 0 amide bonds. The van der Waals surface area contributed by atoms with Gasteiger partial charge in [0.1, 0.15) is 0 Å². The SMILES string of the molecule is [CH2-]c1ccccc1-c1c2ccccc2cc[n+]1[CH2-].[CH2-]c1ccccc1-c1ccccn1.[Ir+3]. The Morgan fingerprint density at radius 3 is 1.88 bits per heavy atom. The van der Waals surface area contributed by atoms with Crippen molar-refractivity contribution < 1.29 is 24.7 Å². The molecule has 0 bridgehead atoms. The van der Waals surface area contributed by atoms with E-state index in [1.54, 1.807) is 6.20 Å². The van der Waals surface area contributed by atoms with E-state index in [1.165, 1.54) is 10.8 Å². The molecule has 0 fully saturated rings. The Hall–Kier alpha value is -3.52. The van der Waals surface area contributed by atoms with Crippen LogP contribution in [0.25, 0.3) is 33.3 Å². The predicted octanol–water partition coefficient (Wildman–Crippen LogP) is 6.54. The first kappa shape index (κ1) is 23.1. The maximum atomic E-state index is 4.27. The fraction of sp³-hybridized carbons (Fsp3) is 0. The molecular weight excluding hydrogens is 569 g/mol. The number of nitrogens with zero attached hydrogens (tertiary/aromatic N) is 2. The van der Waals surface area contributed by atoms with Crippen molar-refractivity contribution in [2.24, 2.45) is 0 Å². The Morgan fingerprint density at radius 2 is 1.22 bits per heavy atom. The summed E-state index contributed by atoms with van der Waals surface area (Å²) in [5.74, 6) is 0. The molecule has 2 aromatic heterocycles. The molecule has 0 aliphatic heterocycles. The smallest absolute Gasteiger partial charge is 0.343 e. The zero-order valence-corrected chi connectivity index (χ0v) is 20.1. The van der Waals surface area contributed by atoms with Gasteiger partial charge < -0.3 is 4.57 Å². The molecule has 0 unspecified atom stereocenters. The molecule has 2 heterocycles. The molecule has 0 aliphatic rings. The molecule has 3 heteroatoms. The van der Waals surface area contributed by atoms with Crippen molar-refractivity contribution in [3.63, 3.8) is 0 Å². The zero-order chi connectivity index (χ0) is 21.6. The fourth-order valence-corrected chi connectivity index (χ4v) is 3.60. The summed E-state index contributed by atoms with van der Waals surface area (Å²) < 4.78 is 1.91. The van der Waals surface area contributed by atoms with E-state index in [1.807, 2.05) is 71.4 Å². The van der Waals surface area contributed by atoms with Gasteiger partial charge in [0.15, 0.2) is 0 Å². The van der Waals surface area contributed by atoms with Gasteiger partial charge in [0.25, 0.3) is 0 Å². The largest absolute Gasteiger partial charge is 3.00 e. The molecule has 32 heavy (non-hydrogen) atoms. The second-order valence-corrected chi connectivity index (χ2v) is 7.25. The maximum absolute atomic E-state index is 4.27. The van der Waals surface area contributed by atoms with Gasteiger partial charge >= 0.3 is 20.1 Å². The zero-order valence-electron chi connectivity index (χ0n) is 17.7. The van der Waals surface area contributed by atoms with Crippen LogP contribution in [-0.2, 0) is 20.1 Å². The molecule has 0 spiro atoms. The van der Waals surface area contributed by atoms with E-state index in [-0.39, 0.29) is 20.1 Å². The van der Waals surface area contributed by atoms with Crippen LogP contribution in [0.5, 0.6) is 0 Å². The van der Waals surface area contributed by atoms with Gasteiger partial charge in [-0.3, -0.25) is 4.98 Å². The Kier molecular flexibility index (Phi) is 7.72. The summed E-state index contributed by atoms with van der Waals surface area (Å²) in [5.41, 5.74) is 6.35. The minimum absolute atomic E-state index is 0. The minimum atomic E-state index is 0. The van der Waals surface area contributed by atoms with Crippen LogP contribution in [0.3, 0.4) is 0 Å². The molecular formula is C29H24IrN2+. The Bertz CT molecular complexity index is 1310. The molecule has 3 aromatic carbocycles. The van der Waals surface area contributed by atoms with Crippen molar-refractivity contribution in [3.8, 4) is 22.5 Å². The normalized spacial score (nSPS) is 10.0. The van der Waals surface area contributed by atoms with E-state index >= 15 is 0 Å². The summed E-state index contributed by atoms with van der Waals surface area (Å²) in [7, 11) is 4.08. The van der Waals surface area contributed by atoms with E-state index in [9.17, 15) is 0 Å². The molecule has 5 aromatic rings. The average molecular weight is 593 g/mol. The second-order valence-electron chi connectivity index (χ2n) is 7.25. The van der Waals surface area contributed by atoms with Crippen LogP contribution in [0.2, 0.25) is 0 Å². The Labute approximate surface area is 204 Å². The van der Waals surface area contributed by atoms with Crippen LogP contribution in [0.1, 0.15) is 11.1 Å². The molecule has 0 aliphatic carbocycles. The number of benzene rings is 3. The molecule has 5 rings (SSSR count). The third kappa shape index (κ3) is 5.03. The van der Waals surface area contributed by atoms with Crippen molar-refractivity contribution in [3.05, 3.63) is 141 Å². The van der Waals surface area contributed by atoms with Crippen LogP contribution in [0.15, 0.2) is 109 Å². The quantitative estimate of drug-likeness (QED) is 0.168. The van der Waals surface area contributed by atoms with Gasteiger partial charge in [-0.15, -0.1) is 35.4 Å². The number of rotatable bonds is 2. The number of aromatic nitrogens is 2. The maximum Gasteiger partial charge on any atom is 3.00 e. The van der Waals surface area contributed by atoms with Gasteiger partial charge in [0.05, 0.1) is 11.9 Å². The first-order valence-corrected chi connectivity index (χ1v) is 10.1. The van der Waals surface area contributed by atoms with E-state index in [4.69, 9.17) is 0 Å². The fourth-order valence-electron chi connectivity index (χ4n) is 3.60. The van der Waals surface area contributed by atoms with E-state index < -0.39 is 0 Å². The predicted molar refractivity (Wildman–Crippen MR) is 129 cm³/mol. The van der Waals surface area contributed by atoms with Crippen molar-refractivity contribution in [1.29, 1.82) is 0 Å². The van der Waals surface area contributed by atoms with Gasteiger partial charge in [-0.25, -0.2) is 0 Å². The summed E-state index contributed by atoms with van der Waals surface area (Å²) in [6, 6.07) is 32.5. The molecule has 0 saturated heterocycles. The standard InChI is InChI=1S/C17H14N.C12H10N.Ir/c1-13-7-3-5-9-15(13)17-16-10-6-4-8-14(16)11-12-18(17)2;1-10-6-2-3-7-11(10)12-8-4-5-9-13-12;/h3-12H,1-2H2;2-9H,1H2;/q2*-1;+3. The van der Waals surface area contributed by atoms with Crippen molar-refractivity contribution in [2.75, 3.05) is 0 Å². The Balaban J connectivity index is 0.000000184. The minimum Gasteiger partial charge on any atom is -0.343 e. The summed E-state index contributed by atoms with van der Waals surface area (Å²) in [6.07, 6.45) is 3.78. The van der Waals surface area contributed by atoms with Crippen LogP contribution in [-0.4, -0.2) is 4.98 Å². The molecule has 2 nitrogen and oxygen atoms in total. The monoisotopic (exact) mass is 593 g/mol. The third-order valence-corrected chi connectivity index (χ3v) is 5.17. The summed E-state index contributed by atoms with van der Waals surface area (Å²) in [5, 5.41) is 2.42. The van der Waals surface area contributed by atoms with Gasteiger partial charge in [0.2, 0.25) is 0 Å². The van der Waals surface area contributed by atoms with Crippen LogP contribution >= 0.6 is 0 Å². The summed E-state index contributed by atoms with van der Waals surface area (Å²) >= 11 is 0. The Morgan fingerprint density at radius 1 is 0.625 bits per heavy atom. The summed E-state index contributed by atoms with van der Waals surface area (Å²) in [6.45, 7) is 8.06. The number of pyridine rings is 2. The molecule has 0 radical (unpaired) electrons. The first-order valence-electron chi connectivity index (χ1n) is 10.1. The van der Waals surface area contributed by atoms with Gasteiger partial charge in [-0.2, -0.15) is 37.1 Å². The first-order chi connectivity index (χ1) is 15.1. The average Bonchev–Trinajstić information content (AvgIpc) is 2.81. The van der Waals surface area contributed by atoms with E-state index in [0.717, 1.165) is 33.6 Å². The van der Waals surface area contributed by atoms with E-state index in [0.29, 0.717) is 0 Å². The van der Waals surface area contributed by atoms with E-state index in [2.05, 4.69) is 62.3 Å². The van der Waals surface area contributed by atoms with Crippen molar-refractivity contribution in [1.82, 2.24) is 4.98 Å². The summed E-state index contributed by atoms with van der Waals surface area (Å²) in [4.78, 5) is 4.27. The van der Waals surface area contributed by atoms with Gasteiger partial charge in [0, 0.05) is 18.9 Å². The third-order valence-electron chi connectivity index (χ3n) is 5.17. The van der Waals surface area contributed by atoms with Gasteiger partial charge in [-0.1, -0.05) is 42.5 Å². The molecule has 0 atom stereocenters. The van der Waals surface area contributed by atoms with Crippen molar-refractivity contribution in [2.45, 2.75) is 0 Å². The van der Waals surface area contributed by atoms with Crippen LogP contribution < -0.4 is 4.57 Å². The molecule has 0 N–H and O–H groups in total. The van der Waals surface area contributed by atoms with Gasteiger partial charge in [-0.05, 0) is 29.0 Å². The van der Waals surface area contributed by atoms with Crippen LogP contribution in [0.4, 0.5) is 0 Å².